The van der Waals surface area contributed by atoms with E-state index >= 15 is 0 Å². The average molecular weight is 282 g/mol. The number of rotatable bonds is 6. The molecule has 0 bridgehead atoms. The van der Waals surface area contributed by atoms with Crippen LogP contribution in [0, 0.1) is 0 Å². The first kappa shape index (κ1) is 14.0. The Morgan fingerprint density at radius 2 is 2.16 bits per heavy atom. The maximum absolute atomic E-state index is 12.2. The highest BCUT2D eigenvalue weighted by Crippen LogP contribution is 2.20. The molecule has 104 valence electrons. The summed E-state index contributed by atoms with van der Waals surface area (Å²) in [5.74, 6) is 0. The summed E-state index contributed by atoms with van der Waals surface area (Å²) in [5.41, 5.74) is 0.572. The fourth-order valence-electron chi connectivity index (χ4n) is 1.78. The first-order valence-corrected chi connectivity index (χ1v) is 7.64. The molecule has 0 radical (unpaired) electrons. The van der Waals surface area contributed by atoms with Gasteiger partial charge in [0.05, 0.1) is 0 Å². The molecule has 0 aliphatic rings. The maximum atomic E-state index is 12.2. The van der Waals surface area contributed by atoms with Crippen molar-refractivity contribution in [1.29, 1.82) is 0 Å². The van der Waals surface area contributed by atoms with E-state index in [4.69, 9.17) is 0 Å². The van der Waals surface area contributed by atoms with Gasteiger partial charge in [0.25, 0.3) is 0 Å². The number of nitrogens with one attached hydrogen (secondary N) is 3. The van der Waals surface area contributed by atoms with Crippen LogP contribution in [0.4, 0.5) is 0 Å². The van der Waals surface area contributed by atoms with Crippen LogP contribution in [-0.4, -0.2) is 37.5 Å². The molecule has 2 rings (SSSR count). The van der Waals surface area contributed by atoms with Crippen molar-refractivity contribution in [2.45, 2.75) is 24.8 Å². The monoisotopic (exact) mass is 282 g/mol. The van der Waals surface area contributed by atoms with Crippen molar-refractivity contribution in [3.05, 3.63) is 24.5 Å². The van der Waals surface area contributed by atoms with E-state index in [1.54, 1.807) is 18.3 Å². The van der Waals surface area contributed by atoms with Crippen LogP contribution < -0.4 is 10.0 Å². The Hall–Kier alpha value is -1.44. The Balaban J connectivity index is 2.11. The van der Waals surface area contributed by atoms with Gasteiger partial charge in [-0.3, -0.25) is 0 Å². The van der Waals surface area contributed by atoms with E-state index in [2.05, 4.69) is 20.0 Å². The average Bonchev–Trinajstić information content (AvgIpc) is 2.79. The third kappa shape index (κ3) is 3.31. The molecule has 0 amide bonds. The summed E-state index contributed by atoms with van der Waals surface area (Å²) in [4.78, 5) is 7.17. The van der Waals surface area contributed by atoms with Crippen LogP contribution in [0.2, 0.25) is 0 Å². The van der Waals surface area contributed by atoms with Gasteiger partial charge in [-0.15, -0.1) is 0 Å². The quantitative estimate of drug-likeness (QED) is 0.685. The minimum Gasteiger partial charge on any atom is -0.345 e. The third-order valence-electron chi connectivity index (χ3n) is 2.67. The van der Waals surface area contributed by atoms with Crippen molar-refractivity contribution in [1.82, 2.24) is 20.0 Å². The molecule has 0 unspecified atom stereocenters. The molecule has 0 aliphatic carbocycles. The molecular formula is C12H18N4O2S. The largest absolute Gasteiger partial charge is 0.345 e. The fraction of sp³-hybridized carbons (Fsp3) is 0.417. The van der Waals surface area contributed by atoms with Crippen LogP contribution in [0.15, 0.2) is 29.4 Å². The van der Waals surface area contributed by atoms with Crippen LogP contribution in [0.1, 0.15) is 13.8 Å². The second-order valence-corrected chi connectivity index (χ2v) is 6.29. The SMILES string of the molecule is CC(C)NCCNS(=O)(=O)c1c[nH]c2ncccc12. The van der Waals surface area contributed by atoms with Gasteiger partial charge in [-0.1, -0.05) is 13.8 Å². The highest BCUT2D eigenvalue weighted by atomic mass is 32.2. The van der Waals surface area contributed by atoms with Gasteiger partial charge in [0.1, 0.15) is 10.5 Å². The predicted octanol–water partition coefficient (Wildman–Crippen LogP) is 0.839. The maximum Gasteiger partial charge on any atom is 0.242 e. The molecule has 7 heteroatoms. The molecule has 2 heterocycles. The second-order valence-electron chi connectivity index (χ2n) is 4.56. The highest BCUT2D eigenvalue weighted by Gasteiger charge is 2.18. The van der Waals surface area contributed by atoms with Crippen molar-refractivity contribution < 1.29 is 8.42 Å². The van der Waals surface area contributed by atoms with Crippen molar-refractivity contribution in [3.8, 4) is 0 Å². The Morgan fingerprint density at radius 1 is 1.37 bits per heavy atom. The zero-order valence-corrected chi connectivity index (χ0v) is 11.8. The van der Waals surface area contributed by atoms with Gasteiger partial charge >= 0.3 is 0 Å². The number of sulfonamides is 1. The van der Waals surface area contributed by atoms with Gasteiger partial charge in [-0.05, 0) is 12.1 Å². The number of hydrogen-bond donors (Lipinski definition) is 3. The van der Waals surface area contributed by atoms with Crippen molar-refractivity contribution >= 4 is 21.1 Å². The summed E-state index contributed by atoms with van der Waals surface area (Å²) in [6, 6.07) is 3.79. The molecule has 19 heavy (non-hydrogen) atoms. The van der Waals surface area contributed by atoms with E-state index in [0.717, 1.165) is 0 Å². The van der Waals surface area contributed by atoms with Gasteiger partial charge < -0.3 is 10.3 Å². The molecule has 2 aromatic rings. The lowest BCUT2D eigenvalue weighted by Crippen LogP contribution is -2.34. The molecule has 0 saturated carbocycles. The number of aromatic nitrogens is 2. The van der Waals surface area contributed by atoms with Crippen LogP contribution >= 0.6 is 0 Å². The molecule has 2 aromatic heterocycles. The number of hydrogen-bond acceptors (Lipinski definition) is 4. The Morgan fingerprint density at radius 3 is 2.89 bits per heavy atom. The lowest BCUT2D eigenvalue weighted by molar-refractivity contribution is 0.560. The molecule has 3 N–H and O–H groups in total. The molecule has 0 aliphatic heterocycles. The van der Waals surface area contributed by atoms with Crippen molar-refractivity contribution in [3.63, 3.8) is 0 Å². The highest BCUT2D eigenvalue weighted by molar-refractivity contribution is 7.89. The number of aromatic amines is 1. The molecule has 0 fully saturated rings. The van der Waals surface area contributed by atoms with Crippen LogP contribution in [0.3, 0.4) is 0 Å². The van der Waals surface area contributed by atoms with E-state index in [0.29, 0.717) is 30.2 Å². The van der Waals surface area contributed by atoms with Gasteiger partial charge in [0.15, 0.2) is 0 Å². The third-order valence-corrected chi connectivity index (χ3v) is 4.17. The van der Waals surface area contributed by atoms with Crippen LogP contribution in [-0.2, 0) is 10.0 Å². The number of pyridine rings is 1. The van der Waals surface area contributed by atoms with Crippen molar-refractivity contribution in [2.75, 3.05) is 13.1 Å². The first-order chi connectivity index (χ1) is 9.00. The predicted molar refractivity (Wildman–Crippen MR) is 74.4 cm³/mol. The van der Waals surface area contributed by atoms with E-state index in [-0.39, 0.29) is 4.90 Å². The number of nitrogens with zero attached hydrogens (tertiary/aromatic N) is 1. The molecule has 0 saturated heterocycles. The van der Waals surface area contributed by atoms with E-state index in [9.17, 15) is 8.42 Å². The Labute approximate surface area is 112 Å². The molecule has 0 atom stereocenters. The smallest absolute Gasteiger partial charge is 0.242 e. The summed E-state index contributed by atoms with van der Waals surface area (Å²) >= 11 is 0. The fourth-order valence-corrected chi connectivity index (χ4v) is 2.97. The first-order valence-electron chi connectivity index (χ1n) is 6.16. The molecular weight excluding hydrogens is 264 g/mol. The Bertz CT molecular complexity index is 649. The van der Waals surface area contributed by atoms with Crippen LogP contribution in [0.5, 0.6) is 0 Å². The van der Waals surface area contributed by atoms with Gasteiger partial charge in [0.2, 0.25) is 10.0 Å². The summed E-state index contributed by atoms with van der Waals surface area (Å²) < 4.78 is 26.9. The molecule has 0 aromatic carbocycles. The summed E-state index contributed by atoms with van der Waals surface area (Å²) in [6.07, 6.45) is 3.09. The Kier molecular flexibility index (Phi) is 4.18. The van der Waals surface area contributed by atoms with E-state index in [1.165, 1.54) is 6.20 Å². The van der Waals surface area contributed by atoms with Crippen LogP contribution in [0.25, 0.3) is 11.0 Å². The molecule has 0 spiro atoms. The lowest BCUT2D eigenvalue weighted by Gasteiger charge is -2.09. The zero-order valence-electron chi connectivity index (χ0n) is 11.0. The van der Waals surface area contributed by atoms with E-state index < -0.39 is 10.0 Å². The topological polar surface area (TPSA) is 86.9 Å². The van der Waals surface area contributed by atoms with Gasteiger partial charge in [0, 0.05) is 36.9 Å². The summed E-state index contributed by atoms with van der Waals surface area (Å²) in [6.45, 7) is 4.98. The van der Waals surface area contributed by atoms with Crippen molar-refractivity contribution in [2.24, 2.45) is 0 Å². The van der Waals surface area contributed by atoms with Gasteiger partial charge in [-0.25, -0.2) is 18.1 Å². The summed E-state index contributed by atoms with van der Waals surface area (Å²) in [5, 5.41) is 3.76. The number of fused-ring (bicyclic) bond motifs is 1. The lowest BCUT2D eigenvalue weighted by atomic mass is 10.3. The summed E-state index contributed by atoms with van der Waals surface area (Å²) in [7, 11) is -3.50. The van der Waals surface area contributed by atoms with Gasteiger partial charge in [-0.2, -0.15) is 0 Å². The van der Waals surface area contributed by atoms with E-state index in [1.807, 2.05) is 13.8 Å². The number of H-pyrrole nitrogens is 1. The minimum atomic E-state index is -3.50. The standard InChI is InChI=1S/C12H18N4O2S/c1-9(2)13-6-7-16-19(17,18)11-8-15-12-10(11)4-3-5-14-12/h3-5,8-9,13,16H,6-7H2,1-2H3,(H,14,15). The molecule has 6 nitrogen and oxygen atoms in total. The minimum absolute atomic E-state index is 0.236. The normalized spacial score (nSPS) is 12.4. The zero-order chi connectivity index (χ0) is 13.9. The second kappa shape index (κ2) is 5.68.